The molecule has 7 nitrogen and oxygen atoms in total. The van der Waals surface area contributed by atoms with Crippen molar-refractivity contribution in [3.05, 3.63) is 81.3 Å². The Morgan fingerprint density at radius 2 is 2.00 bits per heavy atom. The SMILES string of the molecule is COCCN(CC(=O)N1N=C(c2cccn2C)C[C@@H]1c1ccc(Cl)cc1)C(=O)c1cccs1. The van der Waals surface area contributed by atoms with Crippen LogP contribution >= 0.6 is 22.9 Å². The predicted molar refractivity (Wildman–Crippen MR) is 130 cm³/mol. The zero-order valence-corrected chi connectivity index (χ0v) is 20.1. The second-order valence-electron chi connectivity index (χ2n) is 7.76. The van der Waals surface area contributed by atoms with Gasteiger partial charge in [-0.2, -0.15) is 5.10 Å². The number of carbonyl (C=O) groups is 2. The number of methoxy groups -OCH3 is 1. The van der Waals surface area contributed by atoms with Gasteiger partial charge in [-0.05, 0) is 41.3 Å². The highest BCUT2D eigenvalue weighted by Crippen LogP contribution is 2.33. The molecule has 2 aromatic heterocycles. The van der Waals surface area contributed by atoms with Crippen LogP contribution in [0.5, 0.6) is 0 Å². The summed E-state index contributed by atoms with van der Waals surface area (Å²) in [6, 6.07) is 14.7. The maximum Gasteiger partial charge on any atom is 0.264 e. The van der Waals surface area contributed by atoms with E-state index < -0.39 is 0 Å². The molecule has 0 fully saturated rings. The predicted octanol–water partition coefficient (Wildman–Crippen LogP) is 4.21. The number of amides is 2. The fraction of sp³-hybridized carbons (Fsp3) is 0.292. The van der Waals surface area contributed by atoms with Gasteiger partial charge in [0.05, 0.1) is 28.9 Å². The van der Waals surface area contributed by atoms with E-state index in [1.54, 1.807) is 13.2 Å². The molecule has 2 amide bonds. The normalized spacial score (nSPS) is 15.5. The van der Waals surface area contributed by atoms with Crippen molar-refractivity contribution in [2.45, 2.75) is 12.5 Å². The van der Waals surface area contributed by atoms with E-state index in [4.69, 9.17) is 21.4 Å². The summed E-state index contributed by atoms with van der Waals surface area (Å²) in [6.07, 6.45) is 2.52. The maximum absolute atomic E-state index is 13.5. The number of nitrogens with zero attached hydrogens (tertiary/aromatic N) is 4. The highest BCUT2D eigenvalue weighted by molar-refractivity contribution is 7.12. The van der Waals surface area contributed by atoms with Crippen molar-refractivity contribution in [1.29, 1.82) is 0 Å². The van der Waals surface area contributed by atoms with Crippen molar-refractivity contribution < 1.29 is 14.3 Å². The number of benzene rings is 1. The van der Waals surface area contributed by atoms with Crippen LogP contribution < -0.4 is 0 Å². The van der Waals surface area contributed by atoms with Gasteiger partial charge in [-0.25, -0.2) is 5.01 Å². The van der Waals surface area contributed by atoms with Gasteiger partial charge in [0.25, 0.3) is 11.8 Å². The molecule has 0 bridgehead atoms. The summed E-state index contributed by atoms with van der Waals surface area (Å²) in [6.45, 7) is 0.559. The number of halogens is 1. The molecule has 1 aromatic carbocycles. The average Bonchev–Trinajstić information content (AvgIpc) is 3.57. The van der Waals surface area contributed by atoms with E-state index in [1.807, 2.05) is 65.7 Å². The first kappa shape index (κ1) is 23.2. The van der Waals surface area contributed by atoms with Gasteiger partial charge in [0, 0.05) is 38.3 Å². The van der Waals surface area contributed by atoms with Crippen LogP contribution in [0.3, 0.4) is 0 Å². The first-order chi connectivity index (χ1) is 16.0. The second-order valence-corrected chi connectivity index (χ2v) is 9.14. The molecule has 1 atom stereocenters. The number of hydrogen-bond acceptors (Lipinski definition) is 5. The monoisotopic (exact) mass is 484 g/mol. The summed E-state index contributed by atoms with van der Waals surface area (Å²) in [5.74, 6) is -0.440. The van der Waals surface area contributed by atoms with E-state index in [2.05, 4.69) is 0 Å². The molecule has 3 heterocycles. The molecule has 0 saturated heterocycles. The third-order valence-electron chi connectivity index (χ3n) is 5.57. The number of thiophene rings is 1. The zero-order chi connectivity index (χ0) is 23.4. The van der Waals surface area contributed by atoms with E-state index in [9.17, 15) is 9.59 Å². The number of hydrogen-bond donors (Lipinski definition) is 0. The third kappa shape index (κ3) is 5.19. The molecular formula is C24H25ClN4O3S. The van der Waals surface area contributed by atoms with Gasteiger partial charge < -0.3 is 14.2 Å². The molecule has 4 rings (SSSR count). The van der Waals surface area contributed by atoms with Crippen molar-refractivity contribution in [3.63, 3.8) is 0 Å². The van der Waals surface area contributed by atoms with Crippen LogP contribution in [0.15, 0.2) is 65.2 Å². The minimum absolute atomic E-state index is 0.0892. The lowest BCUT2D eigenvalue weighted by atomic mass is 10.0. The number of rotatable bonds is 8. The lowest BCUT2D eigenvalue weighted by molar-refractivity contribution is -0.133. The number of aromatic nitrogens is 1. The average molecular weight is 485 g/mol. The summed E-state index contributed by atoms with van der Waals surface area (Å²) in [5, 5.41) is 8.69. The summed E-state index contributed by atoms with van der Waals surface area (Å²) < 4.78 is 7.15. The Balaban J connectivity index is 1.61. The molecule has 0 spiro atoms. The molecule has 9 heteroatoms. The summed E-state index contributed by atoms with van der Waals surface area (Å²) in [5.41, 5.74) is 2.72. The number of aryl methyl sites for hydroxylation is 1. The fourth-order valence-electron chi connectivity index (χ4n) is 3.85. The molecular weight excluding hydrogens is 460 g/mol. The van der Waals surface area contributed by atoms with Gasteiger partial charge in [-0.1, -0.05) is 29.8 Å². The Bertz CT molecular complexity index is 1140. The molecule has 0 radical (unpaired) electrons. The number of carbonyl (C=O) groups excluding carboxylic acids is 2. The molecule has 0 N–H and O–H groups in total. The van der Waals surface area contributed by atoms with Crippen LogP contribution in [0.1, 0.15) is 33.4 Å². The van der Waals surface area contributed by atoms with Crippen molar-refractivity contribution in [3.8, 4) is 0 Å². The van der Waals surface area contributed by atoms with Crippen molar-refractivity contribution in [1.82, 2.24) is 14.5 Å². The van der Waals surface area contributed by atoms with E-state index in [-0.39, 0.29) is 24.4 Å². The molecule has 0 aliphatic carbocycles. The van der Waals surface area contributed by atoms with Gasteiger partial charge in [0.2, 0.25) is 0 Å². The maximum atomic E-state index is 13.5. The lowest BCUT2D eigenvalue weighted by Gasteiger charge is -2.26. The second kappa shape index (κ2) is 10.3. The van der Waals surface area contributed by atoms with Crippen LogP contribution in [-0.4, -0.2) is 58.8 Å². The molecule has 3 aromatic rings. The summed E-state index contributed by atoms with van der Waals surface area (Å²) in [4.78, 5) is 28.6. The zero-order valence-electron chi connectivity index (χ0n) is 18.5. The topological polar surface area (TPSA) is 67.1 Å². The first-order valence-corrected chi connectivity index (χ1v) is 11.8. The Kier molecular flexibility index (Phi) is 7.27. The minimum Gasteiger partial charge on any atom is -0.383 e. The highest BCUT2D eigenvalue weighted by atomic mass is 35.5. The van der Waals surface area contributed by atoms with Crippen LogP contribution in [0.2, 0.25) is 5.02 Å². The summed E-state index contributed by atoms with van der Waals surface area (Å²) in [7, 11) is 3.52. The lowest BCUT2D eigenvalue weighted by Crippen LogP contribution is -2.42. The van der Waals surface area contributed by atoms with Gasteiger partial charge >= 0.3 is 0 Å². The largest absolute Gasteiger partial charge is 0.383 e. The van der Waals surface area contributed by atoms with Crippen LogP contribution in [0.4, 0.5) is 0 Å². The standard InChI is InChI=1S/C24H25ClN4O3S/c1-27-11-3-5-20(27)19-15-21(17-7-9-18(25)10-8-17)29(26-19)23(30)16-28(12-13-32-2)24(31)22-6-4-14-33-22/h3-11,14,21H,12-13,15-16H2,1-2H3/t21-/m1/s1. The fourth-order valence-corrected chi connectivity index (χ4v) is 4.66. The quantitative estimate of drug-likeness (QED) is 0.481. The first-order valence-electron chi connectivity index (χ1n) is 10.6. The van der Waals surface area contributed by atoms with E-state index >= 15 is 0 Å². The van der Waals surface area contributed by atoms with Gasteiger partial charge in [-0.3, -0.25) is 9.59 Å². The smallest absolute Gasteiger partial charge is 0.264 e. The molecule has 33 heavy (non-hydrogen) atoms. The third-order valence-corrected chi connectivity index (χ3v) is 6.68. The van der Waals surface area contributed by atoms with Crippen molar-refractivity contribution >= 4 is 40.5 Å². The van der Waals surface area contributed by atoms with E-state index in [0.29, 0.717) is 29.5 Å². The Labute approximate surface area is 201 Å². The van der Waals surface area contributed by atoms with Crippen molar-refractivity contribution in [2.24, 2.45) is 12.1 Å². The molecule has 1 aliphatic heterocycles. The van der Waals surface area contributed by atoms with Crippen LogP contribution in [-0.2, 0) is 16.6 Å². The molecule has 0 saturated carbocycles. The Morgan fingerprint density at radius 3 is 2.64 bits per heavy atom. The van der Waals surface area contributed by atoms with E-state index in [0.717, 1.165) is 17.0 Å². The van der Waals surface area contributed by atoms with Crippen molar-refractivity contribution in [2.75, 3.05) is 26.8 Å². The Morgan fingerprint density at radius 1 is 1.21 bits per heavy atom. The minimum atomic E-state index is -0.277. The molecule has 1 aliphatic rings. The van der Waals surface area contributed by atoms with Gasteiger partial charge in [0.15, 0.2) is 0 Å². The van der Waals surface area contributed by atoms with Crippen LogP contribution in [0.25, 0.3) is 0 Å². The Hall–Kier alpha value is -2.94. The van der Waals surface area contributed by atoms with E-state index in [1.165, 1.54) is 21.2 Å². The van der Waals surface area contributed by atoms with Gasteiger partial charge in [0.1, 0.15) is 6.54 Å². The van der Waals surface area contributed by atoms with Gasteiger partial charge in [-0.15, -0.1) is 11.3 Å². The summed E-state index contributed by atoms with van der Waals surface area (Å²) >= 11 is 7.43. The molecule has 0 unspecified atom stereocenters. The number of ether oxygens (including phenoxy) is 1. The van der Waals surface area contributed by atoms with Crippen LogP contribution in [0, 0.1) is 0 Å². The highest BCUT2D eigenvalue weighted by Gasteiger charge is 2.35. The number of hydrazone groups is 1. The molecule has 172 valence electrons.